The van der Waals surface area contributed by atoms with Crippen LogP contribution in [-0.2, 0) is 4.74 Å². The normalized spacial score (nSPS) is 37.8. The zero-order chi connectivity index (χ0) is 13.6. The first-order valence-corrected chi connectivity index (χ1v) is 7.16. The number of allylic oxidation sites excluding steroid dienone is 1. The van der Waals surface area contributed by atoms with E-state index in [0.29, 0.717) is 29.4 Å². The number of aromatic hydroxyl groups is 1. The van der Waals surface area contributed by atoms with Gasteiger partial charge in [-0.3, -0.25) is 0 Å². The zero-order valence-corrected chi connectivity index (χ0v) is 11.8. The van der Waals surface area contributed by atoms with Gasteiger partial charge in [-0.05, 0) is 42.4 Å². The van der Waals surface area contributed by atoms with Gasteiger partial charge < -0.3 is 9.84 Å². The molecule has 1 aromatic rings. The predicted molar refractivity (Wildman–Crippen MR) is 75.9 cm³/mol. The van der Waals surface area contributed by atoms with Gasteiger partial charge in [0.05, 0.1) is 12.7 Å². The minimum Gasteiger partial charge on any atom is -0.508 e. The molecule has 3 unspecified atom stereocenters. The second kappa shape index (κ2) is 4.68. The van der Waals surface area contributed by atoms with Crippen molar-refractivity contribution in [2.45, 2.75) is 26.9 Å². The third-order valence-electron chi connectivity index (χ3n) is 4.98. The maximum absolute atomic E-state index is 9.42. The van der Waals surface area contributed by atoms with Crippen molar-refractivity contribution in [3.05, 3.63) is 41.5 Å². The van der Waals surface area contributed by atoms with E-state index in [0.717, 1.165) is 6.61 Å². The molecular formula is C17H22O2. The fourth-order valence-corrected chi connectivity index (χ4v) is 3.91. The van der Waals surface area contributed by atoms with E-state index in [1.54, 1.807) is 12.1 Å². The number of fused-ring (bicyclic) bond motifs is 2. The van der Waals surface area contributed by atoms with Crippen molar-refractivity contribution in [2.24, 2.45) is 23.7 Å². The topological polar surface area (TPSA) is 29.5 Å². The van der Waals surface area contributed by atoms with Crippen molar-refractivity contribution >= 4 is 0 Å². The molecule has 102 valence electrons. The Morgan fingerprint density at radius 3 is 2.53 bits per heavy atom. The van der Waals surface area contributed by atoms with E-state index in [1.807, 2.05) is 12.1 Å². The van der Waals surface area contributed by atoms with Crippen molar-refractivity contribution in [3.63, 3.8) is 0 Å². The summed E-state index contributed by atoms with van der Waals surface area (Å²) < 4.78 is 6.16. The first-order chi connectivity index (χ1) is 9.08. The lowest BCUT2D eigenvalue weighted by atomic mass is 9.64. The number of hydrogen-bond donors (Lipinski definition) is 1. The summed E-state index contributed by atoms with van der Waals surface area (Å²) in [5.41, 5.74) is 2.63. The van der Waals surface area contributed by atoms with Crippen LogP contribution in [0.25, 0.3) is 0 Å². The Balaban J connectivity index is 1.96. The highest BCUT2D eigenvalue weighted by atomic mass is 16.5. The summed E-state index contributed by atoms with van der Waals surface area (Å²) in [6, 6.07) is 7.47. The van der Waals surface area contributed by atoms with E-state index < -0.39 is 0 Å². The number of ether oxygens (including phenoxy) is 1. The van der Waals surface area contributed by atoms with Crippen LogP contribution in [0.15, 0.2) is 35.9 Å². The van der Waals surface area contributed by atoms with E-state index in [4.69, 9.17) is 4.74 Å². The standard InChI is InChI=1S/C17H22O2/c1-10-8-11(2)16-12(3)15(10)9-19-17(16)13-4-6-14(18)7-5-13/h4-8,10,12,15-18H,9H2,1-3H3/t10?,12?,15-,16-,17?/m0/s1. The molecule has 2 nitrogen and oxygen atoms in total. The largest absolute Gasteiger partial charge is 0.508 e. The van der Waals surface area contributed by atoms with Crippen molar-refractivity contribution in [3.8, 4) is 5.75 Å². The maximum atomic E-state index is 9.42. The Bertz CT molecular complexity index is 488. The maximum Gasteiger partial charge on any atom is 0.115 e. The van der Waals surface area contributed by atoms with Crippen LogP contribution >= 0.6 is 0 Å². The van der Waals surface area contributed by atoms with Gasteiger partial charge in [0.15, 0.2) is 0 Å². The van der Waals surface area contributed by atoms with Gasteiger partial charge in [-0.25, -0.2) is 0 Å². The van der Waals surface area contributed by atoms with Crippen molar-refractivity contribution in [1.82, 2.24) is 0 Å². The average Bonchev–Trinajstić information content (AvgIpc) is 2.37. The molecule has 1 aliphatic carbocycles. The molecule has 0 amide bonds. The van der Waals surface area contributed by atoms with Crippen molar-refractivity contribution in [1.29, 1.82) is 0 Å². The number of hydrogen-bond acceptors (Lipinski definition) is 2. The molecule has 19 heavy (non-hydrogen) atoms. The molecule has 1 fully saturated rings. The van der Waals surface area contributed by atoms with Crippen LogP contribution in [0.4, 0.5) is 0 Å². The zero-order valence-electron chi connectivity index (χ0n) is 11.8. The molecule has 0 saturated carbocycles. The summed E-state index contributed by atoms with van der Waals surface area (Å²) in [5, 5.41) is 9.42. The van der Waals surface area contributed by atoms with Gasteiger partial charge in [-0.15, -0.1) is 0 Å². The second-order valence-corrected chi connectivity index (χ2v) is 6.16. The Morgan fingerprint density at radius 2 is 1.84 bits per heavy atom. The highest BCUT2D eigenvalue weighted by Gasteiger charge is 2.43. The van der Waals surface area contributed by atoms with Crippen LogP contribution in [0.3, 0.4) is 0 Å². The quantitative estimate of drug-likeness (QED) is 0.773. The smallest absolute Gasteiger partial charge is 0.115 e. The Labute approximate surface area is 115 Å². The summed E-state index contributed by atoms with van der Waals surface area (Å²) in [5.74, 6) is 2.70. The van der Waals surface area contributed by atoms with Gasteiger partial charge in [0.2, 0.25) is 0 Å². The lowest BCUT2D eigenvalue weighted by Gasteiger charge is -2.47. The van der Waals surface area contributed by atoms with Gasteiger partial charge in [-0.2, -0.15) is 0 Å². The van der Waals surface area contributed by atoms with E-state index in [1.165, 1.54) is 11.1 Å². The lowest BCUT2D eigenvalue weighted by Crippen LogP contribution is -2.42. The van der Waals surface area contributed by atoms with Crippen LogP contribution in [0.2, 0.25) is 0 Å². The molecule has 1 saturated heterocycles. The Morgan fingerprint density at radius 1 is 1.16 bits per heavy atom. The molecule has 5 atom stereocenters. The molecule has 1 aromatic carbocycles. The summed E-state index contributed by atoms with van der Waals surface area (Å²) in [6.45, 7) is 7.73. The van der Waals surface area contributed by atoms with E-state index in [-0.39, 0.29) is 6.10 Å². The summed E-state index contributed by atoms with van der Waals surface area (Å²) in [6.07, 6.45) is 2.56. The van der Waals surface area contributed by atoms with Gasteiger partial charge in [-0.1, -0.05) is 37.6 Å². The molecule has 3 rings (SSSR count). The summed E-state index contributed by atoms with van der Waals surface area (Å²) in [7, 11) is 0. The monoisotopic (exact) mass is 258 g/mol. The van der Waals surface area contributed by atoms with Gasteiger partial charge in [0.1, 0.15) is 5.75 Å². The van der Waals surface area contributed by atoms with Gasteiger partial charge >= 0.3 is 0 Å². The molecule has 2 heteroatoms. The highest BCUT2D eigenvalue weighted by Crippen LogP contribution is 2.49. The molecular weight excluding hydrogens is 236 g/mol. The number of rotatable bonds is 1. The molecule has 1 N–H and O–H groups in total. The van der Waals surface area contributed by atoms with Crippen molar-refractivity contribution < 1.29 is 9.84 Å². The van der Waals surface area contributed by atoms with Crippen LogP contribution in [0.5, 0.6) is 5.75 Å². The number of benzene rings is 1. The molecule has 2 bridgehead atoms. The van der Waals surface area contributed by atoms with Gasteiger partial charge in [0, 0.05) is 5.92 Å². The summed E-state index contributed by atoms with van der Waals surface area (Å²) >= 11 is 0. The van der Waals surface area contributed by atoms with E-state index in [9.17, 15) is 5.11 Å². The molecule has 1 aliphatic heterocycles. The fraction of sp³-hybridized carbons (Fsp3) is 0.529. The molecule has 2 aliphatic rings. The third-order valence-corrected chi connectivity index (χ3v) is 4.98. The number of phenols is 1. The fourth-order valence-electron chi connectivity index (χ4n) is 3.91. The van der Waals surface area contributed by atoms with Crippen LogP contribution in [-0.4, -0.2) is 11.7 Å². The average molecular weight is 258 g/mol. The van der Waals surface area contributed by atoms with Crippen LogP contribution in [0, 0.1) is 23.7 Å². The first kappa shape index (κ1) is 12.7. The molecule has 0 radical (unpaired) electrons. The SMILES string of the molecule is CC1=CC(C)[C@@H]2COC(c3ccc(O)cc3)[C@@H]1C2C. The van der Waals surface area contributed by atoms with E-state index in [2.05, 4.69) is 26.8 Å². The minimum absolute atomic E-state index is 0.135. The van der Waals surface area contributed by atoms with Crippen LogP contribution in [0.1, 0.15) is 32.4 Å². The van der Waals surface area contributed by atoms with Crippen LogP contribution < -0.4 is 0 Å². The molecule has 0 aromatic heterocycles. The van der Waals surface area contributed by atoms with E-state index >= 15 is 0 Å². The third kappa shape index (κ3) is 2.08. The Kier molecular flexibility index (Phi) is 3.14. The summed E-state index contributed by atoms with van der Waals surface area (Å²) in [4.78, 5) is 0. The van der Waals surface area contributed by atoms with Crippen molar-refractivity contribution in [2.75, 3.05) is 6.61 Å². The van der Waals surface area contributed by atoms with Gasteiger partial charge in [0.25, 0.3) is 0 Å². The minimum atomic E-state index is 0.135. The first-order valence-electron chi connectivity index (χ1n) is 7.16. The lowest BCUT2D eigenvalue weighted by molar-refractivity contribution is -0.0934. The molecule has 0 spiro atoms. The molecule has 1 heterocycles. The highest BCUT2D eigenvalue weighted by molar-refractivity contribution is 5.30. The number of phenolic OH excluding ortho intramolecular Hbond substituents is 1. The predicted octanol–water partition coefficient (Wildman–Crippen LogP) is 3.93. The second-order valence-electron chi connectivity index (χ2n) is 6.16. The Hall–Kier alpha value is -1.28.